The van der Waals surface area contributed by atoms with E-state index in [1.54, 1.807) is 0 Å². The molecule has 0 rings (SSSR count). The molecule has 0 spiro atoms. The summed E-state index contributed by atoms with van der Waals surface area (Å²) in [6, 6.07) is 0. The largest absolute Gasteiger partial charge is 0.356 e. The van der Waals surface area contributed by atoms with Crippen LogP contribution in [0.2, 0.25) is 0 Å². The molecule has 3 heteroatoms. The minimum absolute atomic E-state index is 0.0361. The van der Waals surface area contributed by atoms with E-state index >= 15 is 0 Å². The highest BCUT2D eigenvalue weighted by atomic mass is 35.5. The topological polar surface area (TPSA) is 29.1 Å². The van der Waals surface area contributed by atoms with Gasteiger partial charge in [0.15, 0.2) is 0 Å². The van der Waals surface area contributed by atoms with Gasteiger partial charge in [-0.3, -0.25) is 4.79 Å². The molecule has 0 fully saturated rings. The maximum Gasteiger partial charge on any atom is 0.216 e. The highest BCUT2D eigenvalue weighted by Crippen LogP contribution is 2.21. The summed E-state index contributed by atoms with van der Waals surface area (Å²) in [6.07, 6.45) is 2.06. The van der Waals surface area contributed by atoms with Crippen LogP contribution in [-0.4, -0.2) is 18.3 Å². The number of carbonyl (C=O) groups excluding carboxylic acids is 1. The zero-order chi connectivity index (χ0) is 9.61. The first-order chi connectivity index (χ1) is 5.48. The number of amides is 1. The van der Waals surface area contributed by atoms with E-state index in [9.17, 15) is 4.79 Å². The highest BCUT2D eigenvalue weighted by Gasteiger charge is 2.16. The average molecular weight is 192 g/mol. The fraction of sp³-hybridized carbons (Fsp3) is 0.889. The van der Waals surface area contributed by atoms with Crippen molar-refractivity contribution in [1.82, 2.24) is 5.32 Å². The van der Waals surface area contributed by atoms with Gasteiger partial charge in [0.25, 0.3) is 0 Å². The van der Waals surface area contributed by atoms with Gasteiger partial charge in [-0.25, -0.2) is 0 Å². The Kier molecular flexibility index (Phi) is 5.31. The Bertz CT molecular complexity index is 145. The Labute approximate surface area is 79.7 Å². The van der Waals surface area contributed by atoms with Crippen molar-refractivity contribution in [3.8, 4) is 0 Å². The van der Waals surface area contributed by atoms with Crippen LogP contribution in [0.4, 0.5) is 0 Å². The van der Waals surface area contributed by atoms with Gasteiger partial charge in [0.1, 0.15) is 0 Å². The van der Waals surface area contributed by atoms with Crippen LogP contribution in [-0.2, 0) is 4.79 Å². The summed E-state index contributed by atoms with van der Waals surface area (Å²) < 4.78 is 0. The molecule has 0 unspecified atom stereocenters. The molecule has 0 heterocycles. The van der Waals surface area contributed by atoms with E-state index in [-0.39, 0.29) is 11.3 Å². The fourth-order valence-corrected chi connectivity index (χ4v) is 1.13. The molecule has 0 aliphatic heterocycles. The van der Waals surface area contributed by atoms with E-state index in [2.05, 4.69) is 19.2 Å². The van der Waals surface area contributed by atoms with Crippen molar-refractivity contribution in [2.45, 2.75) is 33.6 Å². The van der Waals surface area contributed by atoms with Crippen molar-refractivity contribution in [3.05, 3.63) is 0 Å². The lowest BCUT2D eigenvalue weighted by Crippen LogP contribution is -2.32. The summed E-state index contributed by atoms with van der Waals surface area (Å²) in [7, 11) is 0. The van der Waals surface area contributed by atoms with Crippen LogP contribution in [0.15, 0.2) is 0 Å². The lowest BCUT2D eigenvalue weighted by atomic mass is 9.88. The molecule has 1 N–H and O–H groups in total. The van der Waals surface area contributed by atoms with Crippen LogP contribution in [0, 0.1) is 5.41 Å². The Morgan fingerprint density at radius 1 is 1.50 bits per heavy atom. The Morgan fingerprint density at radius 2 is 2.08 bits per heavy atom. The van der Waals surface area contributed by atoms with Crippen molar-refractivity contribution < 1.29 is 4.79 Å². The number of rotatable bonds is 5. The summed E-state index contributed by atoms with van der Waals surface area (Å²) in [5.74, 6) is 0.734. The van der Waals surface area contributed by atoms with Crippen LogP contribution >= 0.6 is 11.6 Å². The average Bonchev–Trinajstić information content (AvgIpc) is 1.98. The number of nitrogens with one attached hydrogen (secondary N) is 1. The summed E-state index contributed by atoms with van der Waals surface area (Å²) in [6.45, 7) is 6.54. The van der Waals surface area contributed by atoms with E-state index in [1.807, 2.05) is 0 Å². The normalized spacial score (nSPS) is 11.3. The van der Waals surface area contributed by atoms with Gasteiger partial charge >= 0.3 is 0 Å². The molecule has 0 aliphatic rings. The summed E-state index contributed by atoms with van der Waals surface area (Å²) in [5.41, 5.74) is 0.167. The molecule has 0 aliphatic carbocycles. The predicted molar refractivity (Wildman–Crippen MR) is 52.4 cm³/mol. The molecular formula is C9H18ClNO. The van der Waals surface area contributed by atoms with Gasteiger partial charge in [0.05, 0.1) is 0 Å². The molecule has 0 aromatic rings. The van der Waals surface area contributed by atoms with Crippen LogP contribution < -0.4 is 5.32 Å². The van der Waals surface area contributed by atoms with Gasteiger partial charge in [0.2, 0.25) is 5.91 Å². The van der Waals surface area contributed by atoms with Crippen molar-refractivity contribution in [1.29, 1.82) is 0 Å². The van der Waals surface area contributed by atoms with Crippen LogP contribution in [0.5, 0.6) is 0 Å². The van der Waals surface area contributed by atoms with Gasteiger partial charge in [-0.05, 0) is 18.3 Å². The molecule has 72 valence electrons. The highest BCUT2D eigenvalue weighted by molar-refractivity contribution is 6.17. The first-order valence-corrected chi connectivity index (χ1v) is 4.82. The van der Waals surface area contributed by atoms with Gasteiger partial charge < -0.3 is 5.32 Å². The van der Waals surface area contributed by atoms with Crippen LogP contribution in [0.25, 0.3) is 0 Å². The molecule has 0 saturated heterocycles. The zero-order valence-corrected chi connectivity index (χ0v) is 8.87. The quantitative estimate of drug-likeness (QED) is 0.664. The third kappa shape index (κ3) is 6.47. The first kappa shape index (κ1) is 11.8. The minimum atomic E-state index is 0.0361. The van der Waals surface area contributed by atoms with Gasteiger partial charge in [-0.1, -0.05) is 13.8 Å². The SMILES string of the molecule is CC(=O)NCC(C)(C)CCCCl. The van der Waals surface area contributed by atoms with Gasteiger partial charge in [-0.15, -0.1) is 11.6 Å². The zero-order valence-electron chi connectivity index (χ0n) is 8.11. The third-order valence-electron chi connectivity index (χ3n) is 1.80. The molecule has 0 atom stereocenters. The number of hydrogen-bond donors (Lipinski definition) is 1. The van der Waals surface area contributed by atoms with E-state index in [0.29, 0.717) is 5.88 Å². The lowest BCUT2D eigenvalue weighted by Gasteiger charge is -2.24. The monoisotopic (exact) mass is 191 g/mol. The molecule has 0 radical (unpaired) electrons. The first-order valence-electron chi connectivity index (χ1n) is 4.28. The molecule has 1 amide bonds. The summed E-state index contributed by atoms with van der Waals surface area (Å²) >= 11 is 5.58. The van der Waals surface area contributed by atoms with E-state index in [1.165, 1.54) is 6.92 Å². The standard InChI is InChI=1S/C9H18ClNO/c1-8(12)11-7-9(2,3)5-4-6-10/h4-7H2,1-3H3,(H,11,12). The second-order valence-electron chi connectivity index (χ2n) is 3.87. The van der Waals surface area contributed by atoms with Crippen LogP contribution in [0.3, 0.4) is 0 Å². The summed E-state index contributed by atoms with van der Waals surface area (Å²) in [5, 5.41) is 2.81. The van der Waals surface area contributed by atoms with Crippen molar-refractivity contribution in [2.24, 2.45) is 5.41 Å². The fourth-order valence-electron chi connectivity index (χ4n) is 0.998. The minimum Gasteiger partial charge on any atom is -0.356 e. The Hall–Kier alpha value is -0.240. The Balaban J connectivity index is 3.63. The van der Waals surface area contributed by atoms with E-state index < -0.39 is 0 Å². The molecule has 2 nitrogen and oxygen atoms in total. The number of alkyl halides is 1. The second-order valence-corrected chi connectivity index (χ2v) is 4.24. The van der Waals surface area contributed by atoms with Crippen molar-refractivity contribution >= 4 is 17.5 Å². The molecule has 0 aromatic heterocycles. The van der Waals surface area contributed by atoms with Crippen molar-refractivity contribution in [2.75, 3.05) is 12.4 Å². The maximum atomic E-state index is 10.6. The number of hydrogen-bond acceptors (Lipinski definition) is 1. The predicted octanol–water partition coefficient (Wildman–Crippen LogP) is 2.17. The third-order valence-corrected chi connectivity index (χ3v) is 2.07. The van der Waals surface area contributed by atoms with E-state index in [0.717, 1.165) is 19.4 Å². The maximum absolute atomic E-state index is 10.6. The molecule has 0 bridgehead atoms. The molecule has 0 aromatic carbocycles. The molecule has 0 saturated carbocycles. The van der Waals surface area contributed by atoms with Crippen molar-refractivity contribution in [3.63, 3.8) is 0 Å². The Morgan fingerprint density at radius 3 is 2.50 bits per heavy atom. The van der Waals surface area contributed by atoms with E-state index in [4.69, 9.17) is 11.6 Å². The summed E-state index contributed by atoms with van der Waals surface area (Å²) in [4.78, 5) is 10.6. The smallest absolute Gasteiger partial charge is 0.216 e. The van der Waals surface area contributed by atoms with Gasteiger partial charge in [0, 0.05) is 19.3 Å². The lowest BCUT2D eigenvalue weighted by molar-refractivity contribution is -0.119. The molecule has 12 heavy (non-hydrogen) atoms. The number of carbonyl (C=O) groups is 1. The van der Waals surface area contributed by atoms with Crippen LogP contribution in [0.1, 0.15) is 33.6 Å². The molecular weight excluding hydrogens is 174 g/mol. The number of halogens is 1. The van der Waals surface area contributed by atoms with Gasteiger partial charge in [-0.2, -0.15) is 0 Å². The second kappa shape index (κ2) is 5.41.